The molecule has 0 bridgehead atoms. The number of carboxylic acids is 2. The fraction of sp³-hybridized carbons (Fsp3) is 0.273. The van der Waals surface area contributed by atoms with E-state index in [1.54, 1.807) is 48.5 Å². The van der Waals surface area contributed by atoms with E-state index in [0.717, 1.165) is 16.8 Å². The van der Waals surface area contributed by atoms with Gasteiger partial charge in [0.1, 0.15) is 11.6 Å². The van der Waals surface area contributed by atoms with Crippen LogP contribution in [0.15, 0.2) is 175 Å². The molecule has 14 nitrogen and oxygen atoms in total. The summed E-state index contributed by atoms with van der Waals surface area (Å²) in [5.41, 5.74) is 9.19. The van der Waals surface area contributed by atoms with Crippen molar-refractivity contribution in [2.24, 2.45) is 4.99 Å². The maximum Gasteiger partial charge on any atom is 2.00 e. The Morgan fingerprint density at radius 2 is 0.904 bits per heavy atom. The Balaban J connectivity index is 0.000000263. The van der Waals surface area contributed by atoms with Gasteiger partial charge in [-0.25, -0.2) is 8.78 Å². The molecule has 2 aromatic heterocycles. The van der Waals surface area contributed by atoms with Crippen molar-refractivity contribution in [3.8, 4) is 44.8 Å². The minimum Gasteiger partial charge on any atom is -0.858 e. The third-order valence-corrected chi connectivity index (χ3v) is 13.8. The average Bonchev–Trinajstić information content (AvgIpc) is 3.14. The summed E-state index contributed by atoms with van der Waals surface area (Å²) in [6.07, 6.45) is -5.31. The van der Waals surface area contributed by atoms with Crippen LogP contribution in [0.2, 0.25) is 0 Å². The Kier molecular flexibility index (Phi) is 24.1. The van der Waals surface area contributed by atoms with Crippen LogP contribution < -0.4 is 15.5 Å². The topological polar surface area (TPSA) is 233 Å². The van der Waals surface area contributed by atoms with E-state index in [9.17, 15) is 53.8 Å². The summed E-state index contributed by atoms with van der Waals surface area (Å²) in [6, 6.07) is 49.2. The van der Waals surface area contributed by atoms with Crippen molar-refractivity contribution < 1.29 is 58.9 Å². The fourth-order valence-corrected chi connectivity index (χ4v) is 10.3. The van der Waals surface area contributed by atoms with E-state index >= 15 is 0 Å². The first-order valence-corrected chi connectivity index (χ1v) is 27.3. The SMILES string of the molecule is CC(C)c1c(C(=O)Nc2ccccc2)c(-c2ccccc2)c(-c2ccc(F)cc2)n1CC[C@@H](O)C[C@@H](O)CC(=O)O.CC(C)c1c(C([O-])=Nc2ccccc2)c(-c2ccccc2)c(-c2ccc(F)cc2)n1CC[C@@H](O)C[C@H](O)CC(=O)[O-].[Ca+2]. The molecule has 83 heavy (non-hydrogen) atoms. The van der Waals surface area contributed by atoms with Crippen molar-refractivity contribution in [2.45, 2.75) is 116 Å². The van der Waals surface area contributed by atoms with Gasteiger partial charge in [0, 0.05) is 59.2 Å². The zero-order chi connectivity index (χ0) is 59.0. The molecule has 8 aromatic rings. The van der Waals surface area contributed by atoms with Crippen LogP contribution in [-0.2, 0) is 22.7 Å². The molecule has 2 heterocycles. The molecule has 0 aliphatic rings. The van der Waals surface area contributed by atoms with E-state index in [-0.39, 0.29) is 100 Å². The average molecular weight is 1160 g/mol. The molecule has 0 spiro atoms. The largest absolute Gasteiger partial charge is 2.00 e. The molecule has 428 valence electrons. The van der Waals surface area contributed by atoms with E-state index in [4.69, 9.17) is 5.11 Å². The summed E-state index contributed by atoms with van der Waals surface area (Å²) in [6.45, 7) is 8.43. The van der Waals surface area contributed by atoms with Gasteiger partial charge in [-0.2, -0.15) is 0 Å². The van der Waals surface area contributed by atoms with E-state index in [1.807, 2.05) is 134 Å². The van der Waals surface area contributed by atoms with Gasteiger partial charge in [0.05, 0.1) is 53.5 Å². The number of para-hydroxylation sites is 2. The molecule has 1 amide bonds. The van der Waals surface area contributed by atoms with Gasteiger partial charge in [-0.3, -0.25) is 14.6 Å². The second kappa shape index (κ2) is 30.9. The summed E-state index contributed by atoms with van der Waals surface area (Å²) >= 11 is 0. The van der Waals surface area contributed by atoms with Gasteiger partial charge in [-0.05, 0) is 138 Å². The summed E-state index contributed by atoms with van der Waals surface area (Å²) in [5.74, 6) is -4.29. The number of nitrogens with zero attached hydrogens (tertiary/aromatic N) is 3. The maximum atomic E-state index is 14.0. The number of nitrogens with one attached hydrogen (secondary N) is 1. The number of carboxylic acid groups (broad SMARTS) is 2. The van der Waals surface area contributed by atoms with Gasteiger partial charge in [0.15, 0.2) is 0 Å². The van der Waals surface area contributed by atoms with Crippen molar-refractivity contribution >= 4 is 72.9 Å². The molecule has 0 radical (unpaired) electrons. The Morgan fingerprint density at radius 3 is 1.31 bits per heavy atom. The standard InChI is InChI=1S/2C33H35FN2O5.Ca/c2*1-21(2)31-30(33(41)35-25-11-7-4-8-12-25)29(22-9-5-3-6-10-22)32(23-13-15-24(34)16-14-23)36(31)18-17-26(37)19-27(38)20-28(39)40;/h2*3-16,21,26-27,37-38H,17-20H2,1-2H3,(H,35,41)(H,39,40);/q;;+2/p-2/t26-,27+;26-,27-;/m11./s1. The van der Waals surface area contributed by atoms with Crippen molar-refractivity contribution in [3.05, 3.63) is 204 Å². The van der Waals surface area contributed by atoms with Crippen LogP contribution in [0.1, 0.15) is 105 Å². The summed E-state index contributed by atoms with van der Waals surface area (Å²) in [7, 11) is 0. The number of hydrogen-bond acceptors (Lipinski definition) is 10. The summed E-state index contributed by atoms with van der Waals surface area (Å²) in [4.78, 5) is 40.3. The third kappa shape index (κ3) is 17.4. The number of aliphatic imine (C=N–C) groups is 1. The first-order chi connectivity index (χ1) is 39.3. The van der Waals surface area contributed by atoms with Crippen LogP contribution in [0.3, 0.4) is 0 Å². The molecular weight excluding hydrogens is 1090 g/mol. The van der Waals surface area contributed by atoms with Gasteiger partial charge in [-0.1, -0.05) is 125 Å². The van der Waals surface area contributed by atoms with Crippen molar-refractivity contribution in [2.75, 3.05) is 5.32 Å². The number of aromatic nitrogens is 2. The van der Waals surface area contributed by atoms with Crippen molar-refractivity contribution in [1.82, 2.24) is 9.13 Å². The predicted molar refractivity (Wildman–Crippen MR) is 316 cm³/mol. The normalized spacial score (nSPS) is 12.9. The Hall–Kier alpha value is -7.28. The minimum absolute atomic E-state index is 0. The molecule has 0 saturated carbocycles. The van der Waals surface area contributed by atoms with Crippen LogP contribution in [0.4, 0.5) is 20.2 Å². The molecule has 4 atom stereocenters. The molecule has 0 unspecified atom stereocenters. The Morgan fingerprint density at radius 1 is 0.518 bits per heavy atom. The zero-order valence-corrected chi connectivity index (χ0v) is 49.1. The number of anilines is 1. The number of amides is 1. The molecule has 0 fully saturated rings. The number of benzene rings is 6. The van der Waals surface area contributed by atoms with E-state index in [0.29, 0.717) is 61.8 Å². The number of aliphatic carboxylic acids is 2. The second-order valence-electron chi connectivity index (χ2n) is 20.7. The van der Waals surface area contributed by atoms with Crippen molar-refractivity contribution in [1.29, 1.82) is 0 Å². The van der Waals surface area contributed by atoms with E-state index < -0.39 is 60.9 Å². The second-order valence-corrected chi connectivity index (χ2v) is 20.7. The smallest absolute Gasteiger partial charge is 0.858 e. The first-order valence-electron chi connectivity index (χ1n) is 27.3. The van der Waals surface area contributed by atoms with Crippen molar-refractivity contribution in [3.63, 3.8) is 0 Å². The molecule has 17 heteroatoms. The molecule has 0 aliphatic heterocycles. The van der Waals surface area contributed by atoms with Crippen LogP contribution in [-0.4, -0.2) is 121 Å². The maximum absolute atomic E-state index is 14.0. The van der Waals surface area contributed by atoms with Crippen LogP contribution in [0.5, 0.6) is 0 Å². The van der Waals surface area contributed by atoms with Gasteiger partial charge in [0.25, 0.3) is 5.91 Å². The van der Waals surface area contributed by atoms with Gasteiger partial charge in [0.2, 0.25) is 0 Å². The third-order valence-electron chi connectivity index (χ3n) is 13.8. The number of halogens is 2. The summed E-state index contributed by atoms with van der Waals surface area (Å²) in [5, 5.41) is 78.3. The monoisotopic (exact) mass is 1150 g/mol. The van der Waals surface area contributed by atoms with Crippen LogP contribution in [0.25, 0.3) is 44.8 Å². The molecule has 6 N–H and O–H groups in total. The molecule has 0 saturated heterocycles. The predicted octanol–water partition coefficient (Wildman–Crippen LogP) is 10.1. The van der Waals surface area contributed by atoms with Crippen LogP contribution >= 0.6 is 0 Å². The first kappa shape index (κ1) is 64.9. The molecular formula is C66H68CaF2N4O10. The molecule has 8 rings (SSSR count). The fourth-order valence-electron chi connectivity index (χ4n) is 10.3. The quantitative estimate of drug-likeness (QED) is 0.0190. The number of aliphatic hydroxyl groups is 4. The zero-order valence-electron chi connectivity index (χ0n) is 46.9. The number of rotatable bonds is 24. The number of carbonyl (C=O) groups excluding carboxylic acids is 2. The Bertz CT molecular complexity index is 3410. The number of aliphatic hydroxyl groups excluding tert-OH is 4. The van der Waals surface area contributed by atoms with Gasteiger partial charge < -0.3 is 55.0 Å². The van der Waals surface area contributed by atoms with Gasteiger partial charge >= 0.3 is 43.7 Å². The summed E-state index contributed by atoms with van der Waals surface area (Å²) < 4.78 is 32.0. The van der Waals surface area contributed by atoms with E-state index in [2.05, 4.69) is 10.3 Å². The van der Waals surface area contributed by atoms with Crippen LogP contribution in [0, 0.1) is 11.6 Å². The number of carbonyl (C=O) groups is 3. The molecule has 6 aromatic carbocycles. The number of hydrogen-bond donors (Lipinski definition) is 6. The van der Waals surface area contributed by atoms with E-state index in [1.165, 1.54) is 24.3 Å². The molecule has 0 aliphatic carbocycles. The Labute approximate surface area is 512 Å². The van der Waals surface area contributed by atoms with Gasteiger partial charge in [-0.15, -0.1) is 0 Å². The minimum atomic E-state index is -1.39.